The van der Waals surface area contributed by atoms with Crippen LogP contribution in [0.1, 0.15) is 31.7 Å². The maximum Gasteiger partial charge on any atom is 0.225 e. The van der Waals surface area contributed by atoms with Gasteiger partial charge in [0.1, 0.15) is 0 Å². The van der Waals surface area contributed by atoms with E-state index in [4.69, 9.17) is 4.74 Å². The molecule has 0 aromatic heterocycles. The Morgan fingerprint density at radius 3 is 2.77 bits per heavy atom. The molecule has 5 heteroatoms. The number of rotatable bonds is 8. The molecule has 1 fully saturated rings. The minimum Gasteiger partial charge on any atom is -0.376 e. The second-order valence-electron chi connectivity index (χ2n) is 5.52. The molecule has 1 N–H and O–H groups in total. The fourth-order valence-corrected chi connectivity index (χ4v) is 2.72. The van der Waals surface area contributed by atoms with E-state index >= 15 is 0 Å². The second-order valence-corrected chi connectivity index (χ2v) is 5.52. The van der Waals surface area contributed by atoms with Crippen LogP contribution in [0.3, 0.4) is 0 Å². The number of benzene rings is 1. The van der Waals surface area contributed by atoms with Crippen LogP contribution < -0.4 is 5.32 Å². The highest BCUT2D eigenvalue weighted by molar-refractivity contribution is 5.85. The summed E-state index contributed by atoms with van der Waals surface area (Å²) in [5.74, 6) is 0.221. The lowest BCUT2D eigenvalue weighted by atomic mass is 10.2. The molecule has 1 saturated heterocycles. The lowest BCUT2D eigenvalue weighted by Crippen LogP contribution is -2.42. The Kier molecular flexibility index (Phi) is 9.13. The molecule has 1 amide bonds. The smallest absolute Gasteiger partial charge is 0.225 e. The van der Waals surface area contributed by atoms with Crippen LogP contribution in [-0.4, -0.2) is 43.1 Å². The number of carbonyl (C=O) groups excluding carboxylic acids is 1. The van der Waals surface area contributed by atoms with Crippen molar-refractivity contribution in [3.63, 3.8) is 0 Å². The normalized spacial score (nSPS) is 17.0. The van der Waals surface area contributed by atoms with Gasteiger partial charge in [0.15, 0.2) is 0 Å². The third-order valence-electron chi connectivity index (χ3n) is 3.83. The summed E-state index contributed by atoms with van der Waals surface area (Å²) < 4.78 is 5.62. The Balaban J connectivity index is 0.00000242. The van der Waals surface area contributed by atoms with Crippen molar-refractivity contribution >= 4 is 18.3 Å². The average molecular weight is 327 g/mol. The van der Waals surface area contributed by atoms with Gasteiger partial charge in [-0.2, -0.15) is 0 Å². The van der Waals surface area contributed by atoms with Crippen molar-refractivity contribution in [3.8, 4) is 0 Å². The molecule has 124 valence electrons. The molecule has 22 heavy (non-hydrogen) atoms. The lowest BCUT2D eigenvalue weighted by Gasteiger charge is -2.28. The maximum atomic E-state index is 12.3. The van der Waals surface area contributed by atoms with Gasteiger partial charge in [-0.25, -0.2) is 0 Å². The zero-order chi connectivity index (χ0) is 14.9. The van der Waals surface area contributed by atoms with Crippen LogP contribution in [0.5, 0.6) is 0 Å². The van der Waals surface area contributed by atoms with Gasteiger partial charge in [0.05, 0.1) is 19.6 Å². The summed E-state index contributed by atoms with van der Waals surface area (Å²) in [6.45, 7) is 5.98. The van der Waals surface area contributed by atoms with Gasteiger partial charge in [-0.3, -0.25) is 4.79 Å². The van der Waals surface area contributed by atoms with Gasteiger partial charge in [0, 0.05) is 19.1 Å². The molecule has 1 unspecified atom stereocenters. The first-order chi connectivity index (χ1) is 10.3. The zero-order valence-electron chi connectivity index (χ0n) is 13.3. The summed E-state index contributed by atoms with van der Waals surface area (Å²) in [4.78, 5) is 14.4. The van der Waals surface area contributed by atoms with E-state index in [1.54, 1.807) is 0 Å². The van der Waals surface area contributed by atoms with Crippen molar-refractivity contribution in [2.45, 2.75) is 38.8 Å². The molecular weight excluding hydrogens is 300 g/mol. The first-order valence-electron chi connectivity index (χ1n) is 7.93. The highest BCUT2D eigenvalue weighted by Gasteiger charge is 2.25. The third-order valence-corrected chi connectivity index (χ3v) is 3.83. The summed E-state index contributed by atoms with van der Waals surface area (Å²) >= 11 is 0. The molecule has 0 radical (unpaired) electrons. The minimum absolute atomic E-state index is 0. The topological polar surface area (TPSA) is 41.6 Å². The third kappa shape index (κ3) is 5.95. The predicted molar refractivity (Wildman–Crippen MR) is 91.2 cm³/mol. The van der Waals surface area contributed by atoms with Gasteiger partial charge in [-0.1, -0.05) is 37.3 Å². The first kappa shape index (κ1) is 18.9. The Bertz CT molecular complexity index is 422. The van der Waals surface area contributed by atoms with Crippen molar-refractivity contribution in [2.75, 3.05) is 26.2 Å². The molecule has 1 aliphatic rings. The summed E-state index contributed by atoms with van der Waals surface area (Å²) in [5, 5.41) is 3.33. The molecule has 1 aromatic rings. The Morgan fingerprint density at radius 2 is 2.14 bits per heavy atom. The van der Waals surface area contributed by atoms with Crippen LogP contribution >= 0.6 is 12.4 Å². The molecule has 1 aromatic carbocycles. The molecular formula is C17H27ClN2O2. The fourth-order valence-electron chi connectivity index (χ4n) is 2.72. The number of hydrogen-bond acceptors (Lipinski definition) is 3. The number of carbonyl (C=O) groups is 1. The highest BCUT2D eigenvalue weighted by atomic mass is 35.5. The van der Waals surface area contributed by atoms with E-state index in [0.29, 0.717) is 25.7 Å². The average Bonchev–Trinajstić information content (AvgIpc) is 3.04. The van der Waals surface area contributed by atoms with E-state index in [2.05, 4.69) is 12.2 Å². The molecule has 0 bridgehead atoms. The van der Waals surface area contributed by atoms with Crippen LogP contribution in [0.4, 0.5) is 0 Å². The SMILES string of the molecule is CCCN(C(=O)CCOCc1ccccc1)C1CCNC1.Cl. The van der Waals surface area contributed by atoms with Gasteiger partial charge in [-0.05, 0) is 24.9 Å². The van der Waals surface area contributed by atoms with Crippen LogP contribution in [0, 0.1) is 0 Å². The van der Waals surface area contributed by atoms with Gasteiger partial charge in [0.2, 0.25) is 5.91 Å². The van der Waals surface area contributed by atoms with E-state index in [1.165, 1.54) is 0 Å². The zero-order valence-corrected chi connectivity index (χ0v) is 14.1. The summed E-state index contributed by atoms with van der Waals surface area (Å²) in [7, 11) is 0. The monoisotopic (exact) mass is 326 g/mol. The van der Waals surface area contributed by atoms with Crippen molar-refractivity contribution in [1.82, 2.24) is 10.2 Å². The van der Waals surface area contributed by atoms with Crippen molar-refractivity contribution in [2.24, 2.45) is 0 Å². The molecule has 1 atom stereocenters. The van der Waals surface area contributed by atoms with Crippen molar-refractivity contribution < 1.29 is 9.53 Å². The summed E-state index contributed by atoms with van der Waals surface area (Å²) in [6, 6.07) is 10.4. The van der Waals surface area contributed by atoms with E-state index in [1.807, 2.05) is 35.2 Å². The molecule has 1 heterocycles. The fraction of sp³-hybridized carbons (Fsp3) is 0.588. The van der Waals surface area contributed by atoms with E-state index in [9.17, 15) is 4.79 Å². The van der Waals surface area contributed by atoms with Crippen LogP contribution in [-0.2, 0) is 16.1 Å². The summed E-state index contributed by atoms with van der Waals surface area (Å²) in [5.41, 5.74) is 1.15. The van der Waals surface area contributed by atoms with Crippen LogP contribution in [0.15, 0.2) is 30.3 Å². The number of nitrogens with one attached hydrogen (secondary N) is 1. The Morgan fingerprint density at radius 1 is 1.36 bits per heavy atom. The second kappa shape index (κ2) is 10.6. The molecule has 0 saturated carbocycles. The molecule has 1 aliphatic heterocycles. The van der Waals surface area contributed by atoms with E-state index < -0.39 is 0 Å². The number of nitrogens with zero attached hydrogens (tertiary/aromatic N) is 1. The maximum absolute atomic E-state index is 12.3. The molecule has 0 aliphatic carbocycles. The van der Waals surface area contributed by atoms with Crippen LogP contribution in [0.2, 0.25) is 0 Å². The van der Waals surface area contributed by atoms with E-state index in [-0.39, 0.29) is 18.3 Å². The minimum atomic E-state index is 0. The van der Waals surface area contributed by atoms with Gasteiger partial charge < -0.3 is 15.0 Å². The van der Waals surface area contributed by atoms with Gasteiger partial charge >= 0.3 is 0 Å². The van der Waals surface area contributed by atoms with Gasteiger partial charge in [0.25, 0.3) is 0 Å². The predicted octanol–water partition coefficient (Wildman–Crippen LogP) is 2.62. The quantitative estimate of drug-likeness (QED) is 0.747. The lowest BCUT2D eigenvalue weighted by molar-refractivity contribution is -0.134. The first-order valence-corrected chi connectivity index (χ1v) is 7.93. The Labute approximate surface area is 139 Å². The summed E-state index contributed by atoms with van der Waals surface area (Å²) in [6.07, 6.45) is 2.55. The van der Waals surface area contributed by atoms with Crippen molar-refractivity contribution in [3.05, 3.63) is 35.9 Å². The number of ether oxygens (including phenoxy) is 1. The molecule has 0 spiro atoms. The van der Waals surface area contributed by atoms with Crippen LogP contribution in [0.25, 0.3) is 0 Å². The number of amides is 1. The van der Waals surface area contributed by atoms with Gasteiger partial charge in [-0.15, -0.1) is 12.4 Å². The number of hydrogen-bond donors (Lipinski definition) is 1. The number of halogens is 1. The molecule has 4 nitrogen and oxygen atoms in total. The Hall–Kier alpha value is -1.10. The highest BCUT2D eigenvalue weighted by Crippen LogP contribution is 2.11. The molecule has 2 rings (SSSR count). The van der Waals surface area contributed by atoms with Crippen molar-refractivity contribution in [1.29, 1.82) is 0 Å². The van der Waals surface area contributed by atoms with E-state index in [0.717, 1.165) is 38.0 Å². The largest absolute Gasteiger partial charge is 0.376 e. The standard InChI is InChI=1S/C17H26N2O2.ClH/c1-2-11-19(16-8-10-18-13-16)17(20)9-12-21-14-15-6-4-3-5-7-15;/h3-7,16,18H,2,8-14H2,1H3;1H.